The van der Waals surface area contributed by atoms with Gasteiger partial charge in [0.15, 0.2) is 0 Å². The molecule has 6 heteroatoms. The van der Waals surface area contributed by atoms with Crippen molar-refractivity contribution in [3.05, 3.63) is 30.1 Å². The maximum atomic E-state index is 13.6. The quantitative estimate of drug-likeness (QED) is 0.808. The van der Waals surface area contributed by atoms with E-state index in [0.29, 0.717) is 12.2 Å². The average molecular weight is 291 g/mol. The van der Waals surface area contributed by atoms with Crippen LogP contribution < -0.4 is 0 Å². The highest BCUT2D eigenvalue weighted by molar-refractivity contribution is 7.98. The predicted octanol–water partition coefficient (Wildman–Crippen LogP) is 2.59. The van der Waals surface area contributed by atoms with E-state index < -0.39 is 15.8 Å². The van der Waals surface area contributed by atoms with E-state index in [4.69, 9.17) is 0 Å². The normalized spacial score (nSPS) is 13.8. The third-order valence-electron chi connectivity index (χ3n) is 2.84. The average Bonchev–Trinajstić information content (AvgIpc) is 2.35. The number of rotatable bonds is 6. The fourth-order valence-corrected chi connectivity index (χ4v) is 4.11. The van der Waals surface area contributed by atoms with Crippen molar-refractivity contribution in [3.63, 3.8) is 0 Å². The second-order valence-corrected chi connectivity index (χ2v) is 6.85. The van der Waals surface area contributed by atoms with Gasteiger partial charge in [-0.15, -0.1) is 0 Å². The Bertz CT molecular complexity index is 491. The Morgan fingerprint density at radius 3 is 2.50 bits per heavy atom. The lowest BCUT2D eigenvalue weighted by Gasteiger charge is -2.26. The molecule has 0 aromatic heterocycles. The van der Waals surface area contributed by atoms with Gasteiger partial charge < -0.3 is 0 Å². The van der Waals surface area contributed by atoms with Crippen LogP contribution in [0.2, 0.25) is 0 Å². The molecule has 1 aromatic carbocycles. The lowest BCUT2D eigenvalue weighted by Crippen LogP contribution is -2.38. The molecule has 0 fully saturated rings. The summed E-state index contributed by atoms with van der Waals surface area (Å²) < 4.78 is 39.5. The van der Waals surface area contributed by atoms with Crippen molar-refractivity contribution >= 4 is 21.8 Å². The van der Waals surface area contributed by atoms with Gasteiger partial charge in [0.25, 0.3) is 0 Å². The number of hydrogen-bond acceptors (Lipinski definition) is 3. The molecule has 0 aliphatic rings. The van der Waals surface area contributed by atoms with Gasteiger partial charge in [0, 0.05) is 18.8 Å². The second kappa shape index (κ2) is 6.54. The molecule has 0 saturated heterocycles. The van der Waals surface area contributed by atoms with E-state index in [9.17, 15) is 12.8 Å². The van der Waals surface area contributed by atoms with Crippen LogP contribution in [0.3, 0.4) is 0 Å². The number of halogens is 1. The highest BCUT2D eigenvalue weighted by Crippen LogP contribution is 2.21. The number of sulfonamides is 1. The summed E-state index contributed by atoms with van der Waals surface area (Å²) in [6.07, 6.45) is 2.62. The lowest BCUT2D eigenvalue weighted by molar-refractivity contribution is 0.383. The third kappa shape index (κ3) is 3.24. The number of thioether (sulfide) groups is 1. The van der Waals surface area contributed by atoms with Crippen LogP contribution in [0.15, 0.2) is 29.2 Å². The van der Waals surface area contributed by atoms with Crippen LogP contribution in [0.1, 0.15) is 13.3 Å². The van der Waals surface area contributed by atoms with E-state index in [1.165, 1.54) is 29.6 Å². The zero-order valence-corrected chi connectivity index (χ0v) is 12.4. The molecule has 0 aliphatic heterocycles. The molecule has 0 saturated carbocycles. The van der Waals surface area contributed by atoms with Crippen molar-refractivity contribution in [2.75, 3.05) is 19.1 Å². The molecule has 0 N–H and O–H groups in total. The Balaban J connectivity index is 3.10. The van der Waals surface area contributed by atoms with Gasteiger partial charge in [-0.2, -0.15) is 16.1 Å². The van der Waals surface area contributed by atoms with E-state index in [0.717, 1.165) is 6.07 Å². The third-order valence-corrected chi connectivity index (χ3v) is 5.50. The fraction of sp³-hybridized carbons (Fsp3) is 0.500. The summed E-state index contributed by atoms with van der Waals surface area (Å²) in [5.74, 6) is -0.0101. The van der Waals surface area contributed by atoms with Gasteiger partial charge in [-0.3, -0.25) is 0 Å². The topological polar surface area (TPSA) is 37.4 Å². The van der Waals surface area contributed by atoms with Crippen molar-refractivity contribution in [1.29, 1.82) is 0 Å². The number of hydrogen-bond donors (Lipinski definition) is 0. The molecule has 1 atom stereocenters. The Morgan fingerprint density at radius 1 is 1.39 bits per heavy atom. The lowest BCUT2D eigenvalue weighted by atomic mass is 10.3. The number of nitrogens with zero attached hydrogens (tertiary/aromatic N) is 1. The van der Waals surface area contributed by atoms with Crippen LogP contribution >= 0.6 is 11.8 Å². The van der Waals surface area contributed by atoms with Crippen LogP contribution in [0.5, 0.6) is 0 Å². The minimum absolute atomic E-state index is 0.121. The van der Waals surface area contributed by atoms with Gasteiger partial charge in [-0.25, -0.2) is 12.8 Å². The maximum Gasteiger partial charge on any atom is 0.246 e. The van der Waals surface area contributed by atoms with E-state index in [2.05, 4.69) is 0 Å². The highest BCUT2D eigenvalue weighted by Gasteiger charge is 2.28. The number of benzene rings is 1. The fourth-order valence-electron chi connectivity index (χ4n) is 1.68. The van der Waals surface area contributed by atoms with E-state index in [1.807, 2.05) is 13.2 Å². The molecule has 3 nitrogen and oxygen atoms in total. The van der Waals surface area contributed by atoms with Gasteiger partial charge in [0.2, 0.25) is 10.0 Å². The molecule has 1 rings (SSSR count). The molecule has 0 amide bonds. The SMILES string of the molecule is CCC(CSC)N(C)S(=O)(=O)c1ccccc1F. The van der Waals surface area contributed by atoms with Crippen LogP contribution in [0.4, 0.5) is 4.39 Å². The van der Waals surface area contributed by atoms with Gasteiger partial charge in [-0.1, -0.05) is 19.1 Å². The Hall–Kier alpha value is -0.590. The zero-order chi connectivity index (χ0) is 13.8. The van der Waals surface area contributed by atoms with Crippen molar-refractivity contribution in [2.24, 2.45) is 0 Å². The maximum absolute atomic E-state index is 13.6. The van der Waals surface area contributed by atoms with Gasteiger partial charge in [-0.05, 0) is 24.8 Å². The van der Waals surface area contributed by atoms with Gasteiger partial charge in [0.1, 0.15) is 10.7 Å². The summed E-state index contributed by atoms with van der Waals surface area (Å²) >= 11 is 1.58. The van der Waals surface area contributed by atoms with Crippen molar-refractivity contribution < 1.29 is 12.8 Å². The van der Waals surface area contributed by atoms with Crippen LogP contribution in [0.25, 0.3) is 0 Å². The molecule has 102 valence electrons. The largest absolute Gasteiger partial charge is 0.246 e. The van der Waals surface area contributed by atoms with E-state index >= 15 is 0 Å². The Labute approximate surface area is 112 Å². The van der Waals surface area contributed by atoms with Crippen molar-refractivity contribution in [2.45, 2.75) is 24.3 Å². The first kappa shape index (κ1) is 15.5. The van der Waals surface area contributed by atoms with Gasteiger partial charge >= 0.3 is 0 Å². The minimum atomic E-state index is -3.76. The standard InChI is InChI=1S/C12H18FNO2S2/c1-4-10(9-17-3)14(2)18(15,16)12-8-6-5-7-11(12)13/h5-8,10H,4,9H2,1-3H3. The van der Waals surface area contributed by atoms with E-state index in [1.54, 1.807) is 11.8 Å². The molecular formula is C12H18FNO2S2. The Kier molecular flexibility index (Phi) is 5.62. The highest BCUT2D eigenvalue weighted by atomic mass is 32.2. The molecule has 1 aromatic rings. The monoisotopic (exact) mass is 291 g/mol. The van der Waals surface area contributed by atoms with Crippen LogP contribution in [-0.2, 0) is 10.0 Å². The summed E-state index contributed by atoms with van der Waals surface area (Å²) in [5.41, 5.74) is 0. The molecule has 0 radical (unpaired) electrons. The van der Waals surface area contributed by atoms with Crippen LogP contribution in [0, 0.1) is 5.82 Å². The van der Waals surface area contributed by atoms with Crippen molar-refractivity contribution in [3.8, 4) is 0 Å². The molecule has 0 aliphatic carbocycles. The summed E-state index contributed by atoms with van der Waals surface area (Å²) in [7, 11) is -2.25. The predicted molar refractivity (Wildman–Crippen MR) is 73.8 cm³/mol. The van der Waals surface area contributed by atoms with E-state index in [-0.39, 0.29) is 10.9 Å². The molecule has 1 unspecified atom stereocenters. The summed E-state index contributed by atoms with van der Waals surface area (Å²) in [4.78, 5) is -0.257. The Morgan fingerprint density at radius 2 is 2.00 bits per heavy atom. The first-order chi connectivity index (χ1) is 8.45. The summed E-state index contributed by atoms with van der Waals surface area (Å²) in [5, 5.41) is 0. The summed E-state index contributed by atoms with van der Waals surface area (Å²) in [6, 6.07) is 5.35. The van der Waals surface area contributed by atoms with Crippen LogP contribution in [-0.4, -0.2) is 37.8 Å². The molecule has 18 heavy (non-hydrogen) atoms. The minimum Gasteiger partial charge on any atom is -0.207 e. The smallest absolute Gasteiger partial charge is 0.207 e. The molecule has 0 heterocycles. The molecular weight excluding hydrogens is 273 g/mol. The first-order valence-corrected chi connectivity index (χ1v) is 8.50. The zero-order valence-electron chi connectivity index (χ0n) is 10.8. The molecule has 0 bridgehead atoms. The molecule has 0 spiro atoms. The van der Waals surface area contributed by atoms with Gasteiger partial charge in [0.05, 0.1) is 0 Å². The first-order valence-electron chi connectivity index (χ1n) is 5.66. The van der Waals surface area contributed by atoms with Crippen molar-refractivity contribution in [1.82, 2.24) is 4.31 Å². The second-order valence-electron chi connectivity index (χ2n) is 3.97. The summed E-state index contributed by atoms with van der Waals surface area (Å²) in [6.45, 7) is 1.92.